The van der Waals surface area contributed by atoms with Gasteiger partial charge in [0.15, 0.2) is 0 Å². The van der Waals surface area contributed by atoms with Gasteiger partial charge in [-0.2, -0.15) is 0 Å². The third kappa shape index (κ3) is 1.24. The second-order valence-electron chi connectivity index (χ2n) is 2.79. The molecule has 0 radical (unpaired) electrons. The second kappa shape index (κ2) is 2.55. The Hall–Kier alpha value is -1.91. The van der Waals surface area contributed by atoms with Crippen LogP contribution in [0.25, 0.3) is 5.65 Å². The molecule has 0 aliphatic rings. The maximum Gasteiger partial charge on any atom is 0.286 e. The molecule has 5 nitrogen and oxygen atoms in total. The van der Waals surface area contributed by atoms with Gasteiger partial charge in [0.1, 0.15) is 5.65 Å². The summed E-state index contributed by atoms with van der Waals surface area (Å²) in [6.45, 7) is 1.85. The average molecular weight is 177 g/mol. The first-order valence-electron chi connectivity index (χ1n) is 3.76. The van der Waals surface area contributed by atoms with Gasteiger partial charge in [0.05, 0.1) is 16.8 Å². The quantitative estimate of drug-likeness (QED) is 0.490. The van der Waals surface area contributed by atoms with Gasteiger partial charge in [0, 0.05) is 12.3 Å². The molecule has 5 heteroatoms. The molecule has 0 fully saturated rings. The van der Waals surface area contributed by atoms with Crippen molar-refractivity contribution in [2.75, 3.05) is 0 Å². The number of aromatic nitrogens is 2. The number of hydrogen-bond donors (Lipinski definition) is 0. The van der Waals surface area contributed by atoms with Crippen molar-refractivity contribution in [1.29, 1.82) is 0 Å². The summed E-state index contributed by atoms with van der Waals surface area (Å²) in [5.41, 5.74) is 1.65. The van der Waals surface area contributed by atoms with Crippen LogP contribution in [0.15, 0.2) is 24.5 Å². The van der Waals surface area contributed by atoms with Gasteiger partial charge in [-0.3, -0.25) is 14.5 Å². The standard InChI is InChI=1S/C8H7N3O2/c1-6-4-10-5-7(11(12)13)2-3-8(10)9-6/h2-5H,1H3. The van der Waals surface area contributed by atoms with E-state index < -0.39 is 4.92 Å². The molecule has 0 bridgehead atoms. The number of nitro groups is 1. The zero-order valence-electron chi connectivity index (χ0n) is 6.97. The Labute approximate surface area is 73.8 Å². The van der Waals surface area contributed by atoms with Gasteiger partial charge in [-0.15, -0.1) is 0 Å². The molecule has 13 heavy (non-hydrogen) atoms. The fourth-order valence-corrected chi connectivity index (χ4v) is 1.21. The van der Waals surface area contributed by atoms with E-state index in [0.29, 0.717) is 0 Å². The molecule has 66 valence electrons. The highest BCUT2D eigenvalue weighted by molar-refractivity contribution is 5.44. The first-order valence-corrected chi connectivity index (χ1v) is 3.76. The molecule has 0 aliphatic carbocycles. The van der Waals surface area contributed by atoms with Crippen LogP contribution in [0.4, 0.5) is 5.69 Å². The van der Waals surface area contributed by atoms with E-state index in [2.05, 4.69) is 4.98 Å². The zero-order valence-corrected chi connectivity index (χ0v) is 6.97. The lowest BCUT2D eigenvalue weighted by atomic mass is 10.4. The Balaban J connectivity index is 2.67. The number of aryl methyl sites for hydroxylation is 1. The number of hydrogen-bond acceptors (Lipinski definition) is 3. The summed E-state index contributed by atoms with van der Waals surface area (Å²) in [6.07, 6.45) is 3.21. The van der Waals surface area contributed by atoms with E-state index in [4.69, 9.17) is 0 Å². The molecular weight excluding hydrogens is 170 g/mol. The Bertz CT molecular complexity index is 475. The average Bonchev–Trinajstić information content (AvgIpc) is 2.42. The van der Waals surface area contributed by atoms with E-state index in [9.17, 15) is 10.1 Å². The predicted octanol–water partition coefficient (Wildman–Crippen LogP) is 1.55. The van der Waals surface area contributed by atoms with Crippen LogP contribution in [-0.4, -0.2) is 14.3 Å². The maximum atomic E-state index is 10.4. The van der Waals surface area contributed by atoms with Crippen LogP contribution in [-0.2, 0) is 0 Å². The number of imidazole rings is 1. The molecule has 0 saturated heterocycles. The second-order valence-corrected chi connectivity index (χ2v) is 2.79. The van der Waals surface area contributed by atoms with Gasteiger partial charge in [-0.1, -0.05) is 0 Å². The topological polar surface area (TPSA) is 60.4 Å². The highest BCUT2D eigenvalue weighted by Gasteiger charge is 2.06. The lowest BCUT2D eigenvalue weighted by Crippen LogP contribution is -1.90. The molecule has 2 aromatic heterocycles. The summed E-state index contributed by atoms with van der Waals surface area (Å²) in [4.78, 5) is 14.2. The Morgan fingerprint density at radius 1 is 1.46 bits per heavy atom. The molecule has 0 spiro atoms. The third-order valence-corrected chi connectivity index (χ3v) is 1.77. The number of fused-ring (bicyclic) bond motifs is 1. The molecule has 0 unspecified atom stereocenters. The fraction of sp³-hybridized carbons (Fsp3) is 0.125. The summed E-state index contributed by atoms with van der Waals surface area (Å²) < 4.78 is 1.65. The first-order chi connectivity index (χ1) is 6.16. The van der Waals surface area contributed by atoms with E-state index in [1.54, 1.807) is 16.7 Å². The van der Waals surface area contributed by atoms with Crippen molar-refractivity contribution in [3.63, 3.8) is 0 Å². The van der Waals surface area contributed by atoms with E-state index >= 15 is 0 Å². The predicted molar refractivity (Wildman–Crippen MR) is 46.6 cm³/mol. The highest BCUT2D eigenvalue weighted by atomic mass is 16.6. The molecule has 0 aliphatic heterocycles. The maximum absolute atomic E-state index is 10.4. The van der Waals surface area contributed by atoms with Crippen LogP contribution in [0.2, 0.25) is 0 Å². The van der Waals surface area contributed by atoms with Gasteiger partial charge < -0.3 is 0 Å². The minimum atomic E-state index is -0.422. The van der Waals surface area contributed by atoms with Crippen LogP contribution < -0.4 is 0 Å². The van der Waals surface area contributed by atoms with Crippen LogP contribution in [0, 0.1) is 17.0 Å². The highest BCUT2D eigenvalue weighted by Crippen LogP contribution is 2.12. The SMILES string of the molecule is Cc1cn2cc([N+](=O)[O-])ccc2n1. The minimum absolute atomic E-state index is 0.0740. The van der Waals surface area contributed by atoms with Crippen molar-refractivity contribution in [3.8, 4) is 0 Å². The molecule has 2 heterocycles. The van der Waals surface area contributed by atoms with Gasteiger partial charge in [0.25, 0.3) is 5.69 Å². The molecule has 2 aromatic rings. The van der Waals surface area contributed by atoms with E-state index in [1.807, 2.05) is 6.92 Å². The monoisotopic (exact) mass is 177 g/mol. The number of pyridine rings is 1. The van der Waals surface area contributed by atoms with Gasteiger partial charge in [-0.05, 0) is 13.0 Å². The number of nitrogens with zero attached hydrogens (tertiary/aromatic N) is 3. The summed E-state index contributed by atoms with van der Waals surface area (Å²) in [7, 11) is 0. The summed E-state index contributed by atoms with van der Waals surface area (Å²) in [6, 6.07) is 3.08. The molecule has 0 aromatic carbocycles. The summed E-state index contributed by atoms with van der Waals surface area (Å²) >= 11 is 0. The molecule has 2 rings (SSSR count). The molecular formula is C8H7N3O2. The minimum Gasteiger partial charge on any atom is -0.300 e. The van der Waals surface area contributed by atoms with Crippen molar-refractivity contribution >= 4 is 11.3 Å². The van der Waals surface area contributed by atoms with Crippen molar-refractivity contribution < 1.29 is 4.92 Å². The third-order valence-electron chi connectivity index (χ3n) is 1.77. The van der Waals surface area contributed by atoms with Crippen molar-refractivity contribution in [1.82, 2.24) is 9.38 Å². The largest absolute Gasteiger partial charge is 0.300 e. The Morgan fingerprint density at radius 2 is 2.23 bits per heavy atom. The van der Waals surface area contributed by atoms with Crippen molar-refractivity contribution in [2.24, 2.45) is 0 Å². The Morgan fingerprint density at radius 3 is 2.92 bits per heavy atom. The van der Waals surface area contributed by atoms with Crippen LogP contribution >= 0.6 is 0 Å². The lowest BCUT2D eigenvalue weighted by Gasteiger charge is -1.92. The van der Waals surface area contributed by atoms with E-state index in [0.717, 1.165) is 11.3 Å². The molecule has 0 amide bonds. The fourth-order valence-electron chi connectivity index (χ4n) is 1.21. The number of rotatable bonds is 1. The molecule has 0 N–H and O–H groups in total. The van der Waals surface area contributed by atoms with E-state index in [-0.39, 0.29) is 5.69 Å². The van der Waals surface area contributed by atoms with Crippen molar-refractivity contribution in [2.45, 2.75) is 6.92 Å². The summed E-state index contributed by atoms with van der Waals surface area (Å²) in [5.74, 6) is 0. The Kier molecular flexibility index (Phi) is 1.51. The lowest BCUT2D eigenvalue weighted by molar-refractivity contribution is -0.385. The van der Waals surface area contributed by atoms with Crippen LogP contribution in [0.1, 0.15) is 5.69 Å². The summed E-state index contributed by atoms with van der Waals surface area (Å²) in [5, 5.41) is 10.4. The smallest absolute Gasteiger partial charge is 0.286 e. The van der Waals surface area contributed by atoms with Gasteiger partial charge >= 0.3 is 0 Å². The zero-order chi connectivity index (χ0) is 9.42. The first kappa shape index (κ1) is 7.72. The van der Waals surface area contributed by atoms with E-state index in [1.165, 1.54) is 12.3 Å². The van der Waals surface area contributed by atoms with Gasteiger partial charge in [0.2, 0.25) is 0 Å². The molecule has 0 saturated carbocycles. The van der Waals surface area contributed by atoms with Gasteiger partial charge in [-0.25, -0.2) is 4.98 Å². The van der Waals surface area contributed by atoms with Crippen LogP contribution in [0.5, 0.6) is 0 Å². The van der Waals surface area contributed by atoms with Crippen molar-refractivity contribution in [3.05, 3.63) is 40.3 Å². The van der Waals surface area contributed by atoms with Crippen LogP contribution in [0.3, 0.4) is 0 Å². The molecule has 0 atom stereocenters. The normalized spacial score (nSPS) is 10.5.